The third-order valence-electron chi connectivity index (χ3n) is 8.20. The fourth-order valence-corrected chi connectivity index (χ4v) is 5.87. The Kier molecular flexibility index (Phi) is 9.40. The summed E-state index contributed by atoms with van der Waals surface area (Å²) in [6.07, 6.45) is 3.71. The Morgan fingerprint density at radius 3 is 2.21 bits per heavy atom. The number of likely N-dealkylation sites (tertiary alicyclic amines) is 2. The maximum Gasteiger partial charge on any atom is 0.339 e. The van der Waals surface area contributed by atoms with Crippen LogP contribution >= 0.6 is 0 Å². The van der Waals surface area contributed by atoms with Crippen LogP contribution in [0.5, 0.6) is 17.2 Å². The molecular formula is C32H39N3O8. The number of carbonyl (C=O) groups is 2. The first-order valence-corrected chi connectivity index (χ1v) is 14.7. The fraction of sp³-hybridized carbons (Fsp3) is 0.469. The Hall–Kier alpha value is -4.25. The van der Waals surface area contributed by atoms with Crippen LogP contribution < -0.4 is 25.2 Å². The van der Waals surface area contributed by atoms with Crippen LogP contribution in [0.4, 0.5) is 10.5 Å². The second-order valence-corrected chi connectivity index (χ2v) is 11.0. The van der Waals surface area contributed by atoms with Crippen molar-refractivity contribution >= 4 is 28.7 Å². The van der Waals surface area contributed by atoms with Crippen molar-refractivity contribution in [2.45, 2.75) is 45.1 Å². The van der Waals surface area contributed by atoms with Gasteiger partial charge in [-0.05, 0) is 75.5 Å². The van der Waals surface area contributed by atoms with E-state index in [1.54, 1.807) is 29.2 Å². The molecule has 1 atom stereocenters. The molecule has 2 aromatic carbocycles. The van der Waals surface area contributed by atoms with Gasteiger partial charge in [0, 0.05) is 48.8 Å². The van der Waals surface area contributed by atoms with Crippen LogP contribution in [0.1, 0.15) is 47.2 Å². The van der Waals surface area contributed by atoms with Crippen molar-refractivity contribution in [3.63, 3.8) is 0 Å². The zero-order valence-corrected chi connectivity index (χ0v) is 25.2. The van der Waals surface area contributed by atoms with Crippen molar-refractivity contribution in [3.8, 4) is 17.2 Å². The third-order valence-corrected chi connectivity index (χ3v) is 8.20. The molecule has 2 aliphatic rings. The van der Waals surface area contributed by atoms with Crippen molar-refractivity contribution in [1.82, 2.24) is 9.80 Å². The molecule has 2 aliphatic heterocycles. The molecule has 11 heteroatoms. The molecule has 1 aromatic heterocycles. The highest BCUT2D eigenvalue weighted by Gasteiger charge is 2.27. The highest BCUT2D eigenvalue weighted by Crippen LogP contribution is 2.38. The molecule has 43 heavy (non-hydrogen) atoms. The lowest BCUT2D eigenvalue weighted by Gasteiger charge is -2.24. The minimum atomic E-state index is -0.609. The summed E-state index contributed by atoms with van der Waals surface area (Å²) in [7, 11) is 4.46. The van der Waals surface area contributed by atoms with E-state index in [0.29, 0.717) is 40.6 Å². The minimum absolute atomic E-state index is 0.161. The van der Waals surface area contributed by atoms with Crippen molar-refractivity contribution in [3.05, 3.63) is 57.4 Å². The van der Waals surface area contributed by atoms with Crippen molar-refractivity contribution in [2.24, 2.45) is 0 Å². The number of nitrogens with one attached hydrogen (secondary N) is 1. The normalized spacial score (nSPS) is 15.9. The van der Waals surface area contributed by atoms with Gasteiger partial charge in [-0.1, -0.05) is 0 Å². The van der Waals surface area contributed by atoms with Gasteiger partial charge in [0.25, 0.3) is 0 Å². The van der Waals surface area contributed by atoms with Crippen LogP contribution in [-0.2, 0) is 11.2 Å². The fourth-order valence-electron chi connectivity index (χ4n) is 5.87. The molecule has 0 aliphatic carbocycles. The van der Waals surface area contributed by atoms with E-state index in [1.165, 1.54) is 21.3 Å². The lowest BCUT2D eigenvalue weighted by Crippen LogP contribution is -2.36. The summed E-state index contributed by atoms with van der Waals surface area (Å²) < 4.78 is 28.0. The van der Waals surface area contributed by atoms with E-state index >= 15 is 0 Å². The molecule has 3 aromatic rings. The van der Waals surface area contributed by atoms with E-state index in [1.807, 2.05) is 13.0 Å². The summed E-state index contributed by atoms with van der Waals surface area (Å²) in [6, 6.07) is 8.26. The molecule has 11 nitrogen and oxygen atoms in total. The molecule has 2 saturated heterocycles. The standard InChI is InChI=1S/C32H39N3O8/c1-20-24-10-9-22(33-32(38)35-13-7-8-14-35)17-26(24)43-31(37)25(20)18-23(19-34-11-5-6-12-34)42-30(36)21-15-27(39-2)29(41-4)28(16-21)40-3/h9-10,15-17,23H,5-8,11-14,18-19H2,1-4H3,(H,33,38). The first kappa shape index (κ1) is 30.2. The Morgan fingerprint density at radius 1 is 0.930 bits per heavy atom. The number of rotatable bonds is 10. The van der Waals surface area contributed by atoms with Crippen LogP contribution in [0.3, 0.4) is 0 Å². The maximum atomic E-state index is 13.4. The van der Waals surface area contributed by atoms with Gasteiger partial charge in [0.2, 0.25) is 5.75 Å². The van der Waals surface area contributed by atoms with Crippen molar-refractivity contribution in [2.75, 3.05) is 59.4 Å². The van der Waals surface area contributed by atoms with Gasteiger partial charge in [0.05, 0.1) is 26.9 Å². The molecule has 1 unspecified atom stereocenters. The Balaban J connectivity index is 1.40. The Labute approximate surface area is 250 Å². The lowest BCUT2D eigenvalue weighted by atomic mass is 10.0. The number of benzene rings is 2. The summed E-state index contributed by atoms with van der Waals surface area (Å²) in [5.41, 5.74) is 1.89. The highest BCUT2D eigenvalue weighted by molar-refractivity contribution is 5.93. The van der Waals surface area contributed by atoms with E-state index < -0.39 is 17.7 Å². The van der Waals surface area contributed by atoms with Crippen LogP contribution in [0.25, 0.3) is 11.0 Å². The zero-order valence-electron chi connectivity index (χ0n) is 25.2. The summed E-state index contributed by atoms with van der Waals surface area (Å²) in [6.45, 7) is 5.61. The van der Waals surface area contributed by atoms with E-state index in [4.69, 9.17) is 23.4 Å². The van der Waals surface area contributed by atoms with Crippen LogP contribution in [0.15, 0.2) is 39.5 Å². The average molecular weight is 594 g/mol. The molecule has 5 rings (SSSR count). The number of urea groups is 1. The monoisotopic (exact) mass is 593 g/mol. The van der Waals surface area contributed by atoms with E-state index in [0.717, 1.165) is 62.8 Å². The predicted molar refractivity (Wildman–Crippen MR) is 162 cm³/mol. The third kappa shape index (κ3) is 6.72. The minimum Gasteiger partial charge on any atom is -0.493 e. The topological polar surface area (TPSA) is 120 Å². The molecular weight excluding hydrogens is 554 g/mol. The predicted octanol–water partition coefficient (Wildman–Crippen LogP) is 4.62. The van der Waals surface area contributed by atoms with Gasteiger partial charge in [-0.25, -0.2) is 14.4 Å². The number of methoxy groups -OCH3 is 3. The number of carbonyl (C=O) groups excluding carboxylic acids is 2. The van der Waals surface area contributed by atoms with Gasteiger partial charge in [0.1, 0.15) is 11.7 Å². The Bertz CT molecular complexity index is 1510. The van der Waals surface area contributed by atoms with Gasteiger partial charge < -0.3 is 33.6 Å². The summed E-state index contributed by atoms with van der Waals surface area (Å²) in [5.74, 6) is 0.488. The number of aryl methyl sites for hydroxylation is 1. The van der Waals surface area contributed by atoms with Gasteiger partial charge in [-0.15, -0.1) is 0 Å². The Morgan fingerprint density at radius 2 is 1.58 bits per heavy atom. The molecule has 2 fully saturated rings. The molecule has 230 valence electrons. The number of esters is 1. The molecule has 1 N–H and O–H groups in total. The SMILES string of the molecule is COc1cc(C(=O)OC(Cc2c(C)c3ccc(NC(=O)N4CCCC4)cc3oc2=O)CN2CCCC2)cc(OC)c1OC. The quantitative estimate of drug-likeness (QED) is 0.265. The van der Waals surface area contributed by atoms with Gasteiger partial charge in [-0.3, -0.25) is 4.90 Å². The second kappa shape index (κ2) is 13.4. The van der Waals surface area contributed by atoms with Gasteiger partial charge in [-0.2, -0.15) is 0 Å². The number of amides is 2. The van der Waals surface area contributed by atoms with Crippen molar-refractivity contribution in [1.29, 1.82) is 0 Å². The first-order chi connectivity index (χ1) is 20.8. The smallest absolute Gasteiger partial charge is 0.339 e. The lowest BCUT2D eigenvalue weighted by molar-refractivity contribution is 0.0221. The van der Waals surface area contributed by atoms with Crippen LogP contribution in [0.2, 0.25) is 0 Å². The molecule has 0 spiro atoms. The molecule has 2 amide bonds. The highest BCUT2D eigenvalue weighted by atomic mass is 16.5. The zero-order chi connectivity index (χ0) is 30.5. The van der Waals surface area contributed by atoms with E-state index in [-0.39, 0.29) is 18.0 Å². The first-order valence-electron chi connectivity index (χ1n) is 14.7. The van der Waals surface area contributed by atoms with Gasteiger partial charge >= 0.3 is 17.6 Å². The average Bonchev–Trinajstić information content (AvgIpc) is 3.73. The van der Waals surface area contributed by atoms with Crippen LogP contribution in [0, 0.1) is 6.92 Å². The largest absolute Gasteiger partial charge is 0.493 e. The number of nitrogens with zero attached hydrogens (tertiary/aromatic N) is 2. The molecule has 0 bridgehead atoms. The van der Waals surface area contributed by atoms with Gasteiger partial charge in [0.15, 0.2) is 11.5 Å². The number of anilines is 1. The van der Waals surface area contributed by atoms with E-state index in [2.05, 4.69) is 10.2 Å². The molecule has 0 saturated carbocycles. The van der Waals surface area contributed by atoms with E-state index in [9.17, 15) is 14.4 Å². The summed E-state index contributed by atoms with van der Waals surface area (Å²) in [5, 5.41) is 3.65. The molecule has 3 heterocycles. The summed E-state index contributed by atoms with van der Waals surface area (Å²) in [4.78, 5) is 43.3. The van der Waals surface area contributed by atoms with Crippen molar-refractivity contribution < 1.29 is 33.0 Å². The maximum absolute atomic E-state index is 13.4. The number of hydrogen-bond donors (Lipinski definition) is 1. The molecule has 0 radical (unpaired) electrons. The van der Waals surface area contributed by atoms with Crippen LogP contribution in [-0.4, -0.2) is 82.0 Å². The second-order valence-electron chi connectivity index (χ2n) is 11.0. The summed E-state index contributed by atoms with van der Waals surface area (Å²) >= 11 is 0. The number of ether oxygens (including phenoxy) is 4. The number of hydrogen-bond acceptors (Lipinski definition) is 9. The number of fused-ring (bicyclic) bond motifs is 1.